The summed E-state index contributed by atoms with van der Waals surface area (Å²) >= 11 is 5.50. The molecule has 2 aromatic carbocycles. The molecule has 0 saturated carbocycles. The summed E-state index contributed by atoms with van der Waals surface area (Å²) in [5.74, 6) is 0.155. The Hall–Kier alpha value is -3.34. The number of halogens is 3. The number of nitrogens with zero attached hydrogens (tertiary/aromatic N) is 2. The first-order valence-electron chi connectivity index (χ1n) is 10.3. The molecule has 7 nitrogen and oxygen atoms in total. The van der Waals surface area contributed by atoms with E-state index in [1.807, 2.05) is 6.07 Å². The fraction of sp³-hybridized carbons (Fsp3) is 0.348. The normalized spacial score (nSPS) is 16.1. The van der Waals surface area contributed by atoms with Gasteiger partial charge in [-0.2, -0.15) is 13.2 Å². The lowest BCUT2D eigenvalue weighted by Gasteiger charge is -2.24. The molecule has 0 bridgehead atoms. The van der Waals surface area contributed by atoms with Crippen LogP contribution in [0.4, 0.5) is 18.9 Å². The van der Waals surface area contributed by atoms with Crippen LogP contribution < -0.4 is 19.7 Å². The van der Waals surface area contributed by atoms with Crippen LogP contribution >= 0.6 is 12.2 Å². The van der Waals surface area contributed by atoms with E-state index in [9.17, 15) is 22.8 Å². The van der Waals surface area contributed by atoms with Crippen LogP contribution in [0.1, 0.15) is 17.5 Å². The molecule has 0 spiro atoms. The Balaban J connectivity index is 1.90. The first-order chi connectivity index (χ1) is 16.1. The van der Waals surface area contributed by atoms with E-state index < -0.39 is 23.7 Å². The zero-order chi connectivity index (χ0) is 25.0. The highest BCUT2D eigenvalue weighted by molar-refractivity contribution is 7.80. The van der Waals surface area contributed by atoms with Crippen LogP contribution in [0, 0.1) is 0 Å². The Morgan fingerprint density at radius 1 is 1.12 bits per heavy atom. The number of ether oxygens (including phenoxy) is 2. The van der Waals surface area contributed by atoms with Gasteiger partial charge in [-0.25, -0.2) is 0 Å². The zero-order valence-corrected chi connectivity index (χ0v) is 19.6. The smallest absolute Gasteiger partial charge is 0.416 e. The second kappa shape index (κ2) is 10.3. The van der Waals surface area contributed by atoms with E-state index in [0.29, 0.717) is 17.9 Å². The summed E-state index contributed by atoms with van der Waals surface area (Å²) in [6, 6.07) is 8.82. The fourth-order valence-corrected chi connectivity index (χ4v) is 4.12. The number of anilines is 1. The Kier molecular flexibility index (Phi) is 7.65. The number of thiocarbonyl (C=S) groups is 1. The molecule has 11 heteroatoms. The van der Waals surface area contributed by atoms with Gasteiger partial charge in [-0.1, -0.05) is 12.1 Å². The van der Waals surface area contributed by atoms with Gasteiger partial charge in [0.05, 0.1) is 31.9 Å². The second-order valence-corrected chi connectivity index (χ2v) is 7.90. The van der Waals surface area contributed by atoms with Gasteiger partial charge in [0.15, 0.2) is 16.6 Å². The van der Waals surface area contributed by atoms with Crippen molar-refractivity contribution in [3.8, 4) is 11.5 Å². The number of nitrogens with one attached hydrogen (secondary N) is 1. The maximum atomic E-state index is 13.2. The third-order valence-corrected chi connectivity index (χ3v) is 5.91. The predicted molar refractivity (Wildman–Crippen MR) is 124 cm³/mol. The van der Waals surface area contributed by atoms with Gasteiger partial charge in [-0.3, -0.25) is 14.5 Å². The number of hydrogen-bond acceptors (Lipinski definition) is 5. The summed E-state index contributed by atoms with van der Waals surface area (Å²) < 4.78 is 50.2. The van der Waals surface area contributed by atoms with Gasteiger partial charge in [0.25, 0.3) is 5.91 Å². The van der Waals surface area contributed by atoms with Crippen LogP contribution in [0.15, 0.2) is 42.5 Å². The predicted octanol–water partition coefficient (Wildman–Crippen LogP) is 3.40. The summed E-state index contributed by atoms with van der Waals surface area (Å²) in [6.07, 6.45) is -4.32. The van der Waals surface area contributed by atoms with Crippen molar-refractivity contribution >= 4 is 34.8 Å². The van der Waals surface area contributed by atoms with E-state index in [0.717, 1.165) is 22.6 Å². The highest BCUT2D eigenvalue weighted by atomic mass is 32.1. The first kappa shape index (κ1) is 25.3. The van der Waals surface area contributed by atoms with Gasteiger partial charge >= 0.3 is 6.18 Å². The summed E-state index contributed by atoms with van der Waals surface area (Å²) in [5.41, 5.74) is -0.0308. The lowest BCUT2D eigenvalue weighted by atomic mass is 10.1. The Bertz CT molecular complexity index is 1090. The highest BCUT2D eigenvalue weighted by Crippen LogP contribution is 2.34. The number of amides is 2. The molecular formula is C23H24F3N3O4S. The lowest BCUT2D eigenvalue weighted by Crippen LogP contribution is -2.39. The Labute approximate surface area is 200 Å². The molecule has 0 aliphatic carbocycles. The molecule has 1 fully saturated rings. The summed E-state index contributed by atoms with van der Waals surface area (Å²) in [5, 5.41) is 2.51. The van der Waals surface area contributed by atoms with Crippen molar-refractivity contribution in [2.45, 2.75) is 25.1 Å². The highest BCUT2D eigenvalue weighted by Gasteiger charge is 2.44. The molecule has 0 aromatic heterocycles. The van der Waals surface area contributed by atoms with Crippen LogP contribution in [0.2, 0.25) is 0 Å². The molecule has 1 atom stereocenters. The largest absolute Gasteiger partial charge is 0.493 e. The van der Waals surface area contributed by atoms with Crippen LogP contribution in [-0.4, -0.2) is 55.7 Å². The molecule has 0 unspecified atom stereocenters. The Morgan fingerprint density at radius 3 is 2.44 bits per heavy atom. The molecule has 1 saturated heterocycles. The summed E-state index contributed by atoms with van der Waals surface area (Å²) in [6.45, 7) is 0.261. The molecule has 0 radical (unpaired) electrons. The average Bonchev–Trinajstić information content (AvgIpc) is 3.05. The van der Waals surface area contributed by atoms with Crippen molar-refractivity contribution in [3.63, 3.8) is 0 Å². The molecule has 1 heterocycles. The maximum absolute atomic E-state index is 13.2. The van der Waals surface area contributed by atoms with E-state index in [1.165, 1.54) is 33.4 Å². The van der Waals surface area contributed by atoms with Gasteiger partial charge in [0, 0.05) is 13.6 Å². The van der Waals surface area contributed by atoms with E-state index in [-0.39, 0.29) is 29.7 Å². The lowest BCUT2D eigenvalue weighted by molar-refractivity contribution is -0.137. The number of rotatable bonds is 8. The van der Waals surface area contributed by atoms with Gasteiger partial charge < -0.3 is 19.7 Å². The standard InChI is InChI=1S/C23H24F3N3O4S/c1-27-20(30)13-17-21(31)29(16-6-4-5-15(12-16)23(24,25)26)22(34)28(17)10-9-14-7-8-18(32-2)19(11-14)33-3/h4-8,11-12,17H,9-10,13H2,1-3H3,(H,27,30)/t17-/m0/s1. The number of carbonyl (C=O) groups excluding carboxylic acids is 2. The number of alkyl halides is 3. The van der Waals surface area contributed by atoms with Crippen molar-refractivity contribution in [2.24, 2.45) is 0 Å². The third kappa shape index (κ3) is 5.24. The average molecular weight is 496 g/mol. The van der Waals surface area contributed by atoms with Crippen LogP contribution in [-0.2, 0) is 22.2 Å². The van der Waals surface area contributed by atoms with Gasteiger partial charge in [-0.15, -0.1) is 0 Å². The minimum absolute atomic E-state index is 0.000323. The molecule has 2 aromatic rings. The van der Waals surface area contributed by atoms with E-state index >= 15 is 0 Å². The van der Waals surface area contributed by atoms with Crippen LogP contribution in [0.25, 0.3) is 0 Å². The molecular weight excluding hydrogens is 471 g/mol. The van der Waals surface area contributed by atoms with Gasteiger partial charge in [0.2, 0.25) is 5.91 Å². The number of carbonyl (C=O) groups is 2. The van der Waals surface area contributed by atoms with Crippen molar-refractivity contribution in [2.75, 3.05) is 32.7 Å². The molecule has 1 N–H and O–H groups in total. The van der Waals surface area contributed by atoms with Crippen molar-refractivity contribution in [1.29, 1.82) is 0 Å². The van der Waals surface area contributed by atoms with Crippen LogP contribution in [0.3, 0.4) is 0 Å². The van der Waals surface area contributed by atoms with Gasteiger partial charge in [0.1, 0.15) is 6.04 Å². The molecule has 1 aliphatic heterocycles. The SMILES string of the molecule is CNC(=O)C[C@H]1C(=O)N(c2cccc(C(F)(F)F)c2)C(=S)N1CCc1ccc(OC)c(OC)c1. The number of hydrogen-bond donors (Lipinski definition) is 1. The van der Waals surface area contributed by atoms with E-state index in [2.05, 4.69) is 5.32 Å². The fourth-order valence-electron chi connectivity index (χ4n) is 3.71. The molecule has 182 valence electrons. The monoisotopic (exact) mass is 495 g/mol. The molecule has 1 aliphatic rings. The quantitative estimate of drug-likeness (QED) is 0.566. The topological polar surface area (TPSA) is 71.1 Å². The summed E-state index contributed by atoms with van der Waals surface area (Å²) in [7, 11) is 4.48. The minimum Gasteiger partial charge on any atom is -0.493 e. The minimum atomic E-state index is -4.57. The Morgan fingerprint density at radius 2 is 1.82 bits per heavy atom. The van der Waals surface area contributed by atoms with E-state index in [4.69, 9.17) is 21.7 Å². The van der Waals surface area contributed by atoms with E-state index in [1.54, 1.807) is 17.0 Å². The first-order valence-corrected chi connectivity index (χ1v) is 10.7. The van der Waals surface area contributed by atoms with Gasteiger partial charge in [-0.05, 0) is 54.5 Å². The maximum Gasteiger partial charge on any atom is 0.416 e. The zero-order valence-electron chi connectivity index (χ0n) is 18.8. The van der Waals surface area contributed by atoms with Crippen LogP contribution in [0.5, 0.6) is 11.5 Å². The van der Waals surface area contributed by atoms with Crippen molar-refractivity contribution in [3.05, 3.63) is 53.6 Å². The van der Waals surface area contributed by atoms with Crippen molar-refractivity contribution < 1.29 is 32.2 Å². The number of methoxy groups -OCH3 is 2. The molecule has 2 amide bonds. The number of benzene rings is 2. The summed E-state index contributed by atoms with van der Waals surface area (Å²) in [4.78, 5) is 28.0. The van der Waals surface area contributed by atoms with Crippen molar-refractivity contribution in [1.82, 2.24) is 10.2 Å². The third-order valence-electron chi connectivity index (χ3n) is 5.50. The second-order valence-electron chi connectivity index (χ2n) is 7.53. The molecule has 3 rings (SSSR count). The molecule has 34 heavy (non-hydrogen) atoms.